The minimum atomic E-state index is -0.421. The van der Waals surface area contributed by atoms with Gasteiger partial charge in [0.05, 0.1) is 16.6 Å². The van der Waals surface area contributed by atoms with Crippen LogP contribution in [0.25, 0.3) is 10.9 Å². The molecular formula is C23H27FN4O3S. The molecule has 0 aliphatic carbocycles. The molecule has 32 heavy (non-hydrogen) atoms. The topological polar surface area (TPSA) is 79.4 Å². The van der Waals surface area contributed by atoms with E-state index in [-0.39, 0.29) is 16.4 Å². The Kier molecular flexibility index (Phi) is 7.42. The molecule has 0 aliphatic heterocycles. The number of carbonyl (C=O) groups is 1. The number of amides is 1. The summed E-state index contributed by atoms with van der Waals surface area (Å²) >= 11 is 5.32. The molecule has 0 aliphatic rings. The van der Waals surface area contributed by atoms with Crippen LogP contribution in [0.4, 0.5) is 15.8 Å². The summed E-state index contributed by atoms with van der Waals surface area (Å²) in [5.74, 6) is -0.838. The first-order chi connectivity index (χ1) is 15.2. The molecule has 0 bridgehead atoms. The first-order valence-electron chi connectivity index (χ1n) is 10.3. The number of carbonyl (C=O) groups excluding carboxylic acids is 1. The van der Waals surface area contributed by atoms with E-state index in [2.05, 4.69) is 10.3 Å². The zero-order valence-electron chi connectivity index (χ0n) is 18.6. The molecule has 2 aromatic carbocycles. The molecule has 1 amide bonds. The highest BCUT2D eigenvalue weighted by atomic mass is 32.1. The van der Waals surface area contributed by atoms with Gasteiger partial charge in [0.25, 0.3) is 11.5 Å². The van der Waals surface area contributed by atoms with Crippen molar-refractivity contribution in [2.24, 2.45) is 0 Å². The van der Waals surface area contributed by atoms with Crippen LogP contribution < -0.4 is 15.8 Å². The molecule has 0 radical (unpaired) electrons. The molecule has 0 atom stereocenters. The summed E-state index contributed by atoms with van der Waals surface area (Å²) in [6.07, 6.45) is 0.655. The van der Waals surface area contributed by atoms with Gasteiger partial charge in [-0.1, -0.05) is 0 Å². The first-order valence-corrected chi connectivity index (χ1v) is 10.7. The van der Waals surface area contributed by atoms with Crippen molar-refractivity contribution in [1.82, 2.24) is 9.55 Å². The highest BCUT2D eigenvalue weighted by Crippen LogP contribution is 2.24. The Morgan fingerprint density at radius 2 is 2.03 bits per heavy atom. The molecule has 3 aromatic rings. The lowest BCUT2D eigenvalue weighted by Crippen LogP contribution is -2.26. The molecule has 0 fully saturated rings. The predicted octanol–water partition coefficient (Wildman–Crippen LogP) is 4.33. The summed E-state index contributed by atoms with van der Waals surface area (Å²) in [6, 6.07) is 9.44. The highest BCUT2D eigenvalue weighted by molar-refractivity contribution is 7.71. The number of hydrogen-bond donors (Lipinski definition) is 2. The normalized spacial score (nSPS) is 11.2. The summed E-state index contributed by atoms with van der Waals surface area (Å²) < 4.78 is 21.3. The van der Waals surface area contributed by atoms with E-state index in [1.807, 2.05) is 25.8 Å². The number of nitrogens with zero attached hydrogens (tertiary/aromatic N) is 2. The number of H-pyrrole nitrogens is 1. The number of aromatic nitrogens is 2. The fraction of sp³-hybridized carbons (Fsp3) is 0.348. The number of fused-ring (bicyclic) bond motifs is 1. The molecule has 0 unspecified atom stereocenters. The third-order valence-corrected chi connectivity index (χ3v) is 5.66. The molecule has 0 saturated carbocycles. The van der Waals surface area contributed by atoms with E-state index in [1.165, 1.54) is 10.6 Å². The third kappa shape index (κ3) is 5.05. The van der Waals surface area contributed by atoms with Crippen molar-refractivity contribution in [3.8, 4) is 0 Å². The van der Waals surface area contributed by atoms with Crippen molar-refractivity contribution >= 4 is 40.4 Å². The van der Waals surface area contributed by atoms with Gasteiger partial charge in [-0.3, -0.25) is 14.2 Å². The zero-order chi connectivity index (χ0) is 23.4. The second-order valence-corrected chi connectivity index (χ2v) is 8.21. The number of ether oxygens (including phenoxy) is 1. The number of benzene rings is 2. The Morgan fingerprint density at radius 1 is 1.28 bits per heavy atom. The third-order valence-electron chi connectivity index (χ3n) is 5.33. The van der Waals surface area contributed by atoms with Gasteiger partial charge in [0.2, 0.25) is 0 Å². The smallest absolute Gasteiger partial charge is 0.262 e. The summed E-state index contributed by atoms with van der Waals surface area (Å²) in [5, 5.41) is 3.13. The Labute approximate surface area is 190 Å². The maximum absolute atomic E-state index is 14.5. The predicted molar refractivity (Wildman–Crippen MR) is 128 cm³/mol. The zero-order valence-corrected chi connectivity index (χ0v) is 19.4. The highest BCUT2D eigenvalue weighted by Gasteiger charge is 2.14. The first kappa shape index (κ1) is 23.6. The van der Waals surface area contributed by atoms with Gasteiger partial charge in [-0.25, -0.2) is 4.39 Å². The van der Waals surface area contributed by atoms with E-state index in [0.717, 1.165) is 0 Å². The molecule has 0 spiro atoms. The van der Waals surface area contributed by atoms with E-state index in [0.29, 0.717) is 47.4 Å². The van der Waals surface area contributed by atoms with E-state index in [4.69, 9.17) is 17.0 Å². The number of rotatable bonds is 8. The van der Waals surface area contributed by atoms with Gasteiger partial charge in [0, 0.05) is 44.6 Å². The van der Waals surface area contributed by atoms with E-state index in [1.54, 1.807) is 37.4 Å². The largest absolute Gasteiger partial charge is 0.385 e. The molecule has 3 rings (SSSR count). The van der Waals surface area contributed by atoms with Crippen LogP contribution in [-0.2, 0) is 11.3 Å². The van der Waals surface area contributed by atoms with Crippen molar-refractivity contribution in [2.75, 3.05) is 31.0 Å². The Bertz CT molecular complexity index is 1250. The number of nitrogens with one attached hydrogen (secondary N) is 2. The maximum Gasteiger partial charge on any atom is 0.262 e. The van der Waals surface area contributed by atoms with Crippen LogP contribution in [-0.4, -0.2) is 42.3 Å². The summed E-state index contributed by atoms with van der Waals surface area (Å²) in [7, 11) is 3.41. The summed E-state index contributed by atoms with van der Waals surface area (Å²) in [5.41, 5.74) is 1.37. The second kappa shape index (κ2) is 10.1. The standard InChI is InChI=1S/C23H27FN4O3S/c1-14(2)27(3)20-9-7-16(13-18(20)24)25-21(29)15-6-8-17-19(12-15)26-23(32)28(22(17)30)10-5-11-31-4/h6-9,12-14H,5,10-11H2,1-4H3,(H,25,29)(H,26,32). The van der Waals surface area contributed by atoms with Crippen LogP contribution in [0.15, 0.2) is 41.2 Å². The molecule has 1 aromatic heterocycles. The van der Waals surface area contributed by atoms with Crippen molar-refractivity contribution in [1.29, 1.82) is 0 Å². The van der Waals surface area contributed by atoms with Crippen molar-refractivity contribution < 1.29 is 13.9 Å². The minimum Gasteiger partial charge on any atom is -0.385 e. The lowest BCUT2D eigenvalue weighted by molar-refractivity contribution is 0.102. The number of hydrogen-bond acceptors (Lipinski definition) is 5. The van der Waals surface area contributed by atoms with Gasteiger partial charge in [-0.15, -0.1) is 0 Å². The Hall–Kier alpha value is -3.04. The van der Waals surface area contributed by atoms with Gasteiger partial charge < -0.3 is 19.9 Å². The number of aromatic amines is 1. The second-order valence-electron chi connectivity index (χ2n) is 7.82. The van der Waals surface area contributed by atoms with Gasteiger partial charge in [-0.05, 0) is 68.9 Å². The van der Waals surface area contributed by atoms with Gasteiger partial charge in [0.1, 0.15) is 5.82 Å². The van der Waals surface area contributed by atoms with Crippen LogP contribution >= 0.6 is 12.2 Å². The molecular weight excluding hydrogens is 431 g/mol. The molecule has 7 nitrogen and oxygen atoms in total. The number of halogens is 1. The van der Waals surface area contributed by atoms with Gasteiger partial charge >= 0.3 is 0 Å². The van der Waals surface area contributed by atoms with Gasteiger partial charge in [-0.2, -0.15) is 0 Å². The fourth-order valence-corrected chi connectivity index (χ4v) is 3.60. The Morgan fingerprint density at radius 3 is 2.69 bits per heavy atom. The maximum atomic E-state index is 14.5. The molecule has 170 valence electrons. The average molecular weight is 459 g/mol. The Balaban J connectivity index is 1.84. The molecule has 1 heterocycles. The molecule has 9 heteroatoms. The fourth-order valence-electron chi connectivity index (χ4n) is 3.32. The van der Waals surface area contributed by atoms with E-state index < -0.39 is 11.7 Å². The van der Waals surface area contributed by atoms with E-state index >= 15 is 0 Å². The van der Waals surface area contributed by atoms with E-state index in [9.17, 15) is 14.0 Å². The van der Waals surface area contributed by atoms with Crippen molar-refractivity contribution in [3.63, 3.8) is 0 Å². The SMILES string of the molecule is COCCCn1c(=S)[nH]c2cc(C(=O)Nc3ccc(N(C)C(C)C)c(F)c3)ccc2c1=O. The van der Waals surface area contributed by atoms with Crippen LogP contribution in [0.5, 0.6) is 0 Å². The number of methoxy groups -OCH3 is 1. The lowest BCUT2D eigenvalue weighted by Gasteiger charge is -2.24. The monoisotopic (exact) mass is 458 g/mol. The molecule has 0 saturated heterocycles. The van der Waals surface area contributed by atoms with Crippen LogP contribution in [0.3, 0.4) is 0 Å². The average Bonchev–Trinajstić information content (AvgIpc) is 2.75. The van der Waals surface area contributed by atoms with Gasteiger partial charge in [0.15, 0.2) is 4.77 Å². The van der Waals surface area contributed by atoms with Crippen LogP contribution in [0, 0.1) is 10.6 Å². The molecule has 2 N–H and O–H groups in total. The summed E-state index contributed by atoms with van der Waals surface area (Å²) in [6.45, 7) is 4.89. The van der Waals surface area contributed by atoms with Crippen molar-refractivity contribution in [2.45, 2.75) is 32.9 Å². The van der Waals surface area contributed by atoms with Crippen LogP contribution in [0.2, 0.25) is 0 Å². The quantitative estimate of drug-likeness (QED) is 0.388. The number of anilines is 2. The minimum absolute atomic E-state index is 0.137. The lowest BCUT2D eigenvalue weighted by atomic mass is 10.1. The summed E-state index contributed by atoms with van der Waals surface area (Å²) in [4.78, 5) is 30.3. The van der Waals surface area contributed by atoms with Crippen LogP contribution in [0.1, 0.15) is 30.6 Å². The van der Waals surface area contributed by atoms with Crippen molar-refractivity contribution in [3.05, 3.63) is 62.9 Å².